The minimum Gasteiger partial charge on any atom is -0.461 e. The van der Waals surface area contributed by atoms with Gasteiger partial charge in [0.15, 0.2) is 5.69 Å². The lowest BCUT2D eigenvalue weighted by molar-refractivity contribution is -0.132. The van der Waals surface area contributed by atoms with Gasteiger partial charge in [-0.05, 0) is 27.7 Å². The van der Waals surface area contributed by atoms with Crippen molar-refractivity contribution in [3.63, 3.8) is 0 Å². The third kappa shape index (κ3) is 5.45. The topological polar surface area (TPSA) is 103 Å². The molecule has 0 bridgehead atoms. The molecule has 1 aromatic heterocycles. The highest BCUT2D eigenvalue weighted by Crippen LogP contribution is 2.23. The Morgan fingerprint density at radius 1 is 1.26 bits per heavy atom. The van der Waals surface area contributed by atoms with E-state index in [1.54, 1.807) is 44.3 Å². The number of aryl methyl sites for hydroxylation is 1. The summed E-state index contributed by atoms with van der Waals surface area (Å²) in [6, 6.07) is 0. The largest absolute Gasteiger partial charge is 0.461 e. The highest BCUT2D eigenvalue weighted by molar-refractivity contribution is 5.89. The molecule has 1 N–H and O–H groups in total. The van der Waals surface area contributed by atoms with Crippen LogP contribution in [-0.4, -0.2) is 57.9 Å². The number of carbonyl (C=O) groups is 3. The summed E-state index contributed by atoms with van der Waals surface area (Å²) in [7, 11) is 1.78. The number of esters is 1. The van der Waals surface area contributed by atoms with Crippen molar-refractivity contribution in [3.8, 4) is 0 Å². The standard InChI is InChI=1S/C18H28N4O5/c1-6-26-16(24)15-12-11-22(10-8-13(12)21(5)20-15)14(23)7-9-19-17(25)27-18(2,3)4/h6-11H2,1-5H3,(H,19,25). The summed E-state index contributed by atoms with van der Waals surface area (Å²) in [4.78, 5) is 37.9. The number of rotatable bonds is 5. The summed E-state index contributed by atoms with van der Waals surface area (Å²) in [5, 5.41) is 6.83. The predicted octanol–water partition coefficient (Wildman–Crippen LogP) is 1.40. The third-order valence-corrected chi connectivity index (χ3v) is 4.07. The molecule has 2 heterocycles. The summed E-state index contributed by atoms with van der Waals surface area (Å²) < 4.78 is 11.9. The molecule has 27 heavy (non-hydrogen) atoms. The van der Waals surface area contributed by atoms with Crippen molar-refractivity contribution in [2.75, 3.05) is 19.7 Å². The first-order valence-electron chi connectivity index (χ1n) is 9.09. The van der Waals surface area contributed by atoms with Gasteiger partial charge in [0.2, 0.25) is 5.91 Å². The molecular weight excluding hydrogens is 352 g/mol. The first kappa shape index (κ1) is 20.7. The normalized spacial score (nSPS) is 13.7. The van der Waals surface area contributed by atoms with Crippen LogP contribution >= 0.6 is 0 Å². The molecule has 0 spiro atoms. The highest BCUT2D eigenvalue weighted by Gasteiger charge is 2.29. The number of hydrogen-bond acceptors (Lipinski definition) is 6. The molecule has 9 nitrogen and oxygen atoms in total. The SMILES string of the molecule is CCOC(=O)c1nn(C)c2c1CN(C(=O)CCNC(=O)OC(C)(C)C)CC2. The average Bonchev–Trinajstić information content (AvgIpc) is 2.90. The number of aromatic nitrogens is 2. The Hall–Kier alpha value is -2.58. The minimum absolute atomic E-state index is 0.102. The molecule has 2 amide bonds. The van der Waals surface area contributed by atoms with Crippen molar-refractivity contribution >= 4 is 18.0 Å². The van der Waals surface area contributed by atoms with Crippen LogP contribution in [0, 0.1) is 0 Å². The molecule has 0 unspecified atom stereocenters. The molecule has 0 atom stereocenters. The predicted molar refractivity (Wildman–Crippen MR) is 97.1 cm³/mol. The van der Waals surface area contributed by atoms with E-state index in [-0.39, 0.29) is 31.2 Å². The van der Waals surface area contributed by atoms with Gasteiger partial charge in [-0.2, -0.15) is 5.10 Å². The van der Waals surface area contributed by atoms with Crippen LogP contribution in [0.25, 0.3) is 0 Å². The number of ether oxygens (including phenoxy) is 2. The number of carbonyl (C=O) groups excluding carboxylic acids is 3. The van der Waals surface area contributed by atoms with Crippen molar-refractivity contribution in [1.82, 2.24) is 20.0 Å². The van der Waals surface area contributed by atoms with Gasteiger partial charge in [-0.3, -0.25) is 9.48 Å². The number of nitrogens with zero attached hydrogens (tertiary/aromatic N) is 3. The smallest absolute Gasteiger partial charge is 0.407 e. The third-order valence-electron chi connectivity index (χ3n) is 4.07. The number of fused-ring (bicyclic) bond motifs is 1. The molecule has 0 saturated heterocycles. The average molecular weight is 380 g/mol. The van der Waals surface area contributed by atoms with Crippen LogP contribution in [0.2, 0.25) is 0 Å². The van der Waals surface area contributed by atoms with E-state index in [2.05, 4.69) is 10.4 Å². The van der Waals surface area contributed by atoms with Gasteiger partial charge in [-0.15, -0.1) is 0 Å². The molecule has 0 saturated carbocycles. The molecule has 0 radical (unpaired) electrons. The lowest BCUT2D eigenvalue weighted by atomic mass is 10.0. The Morgan fingerprint density at radius 2 is 1.96 bits per heavy atom. The summed E-state index contributed by atoms with van der Waals surface area (Å²) in [5.74, 6) is -0.578. The Balaban J connectivity index is 1.94. The number of hydrogen-bond donors (Lipinski definition) is 1. The van der Waals surface area contributed by atoms with E-state index in [0.717, 1.165) is 11.3 Å². The van der Waals surface area contributed by atoms with E-state index in [1.807, 2.05) is 0 Å². The van der Waals surface area contributed by atoms with Crippen LogP contribution in [0.15, 0.2) is 0 Å². The molecule has 1 aromatic rings. The van der Waals surface area contributed by atoms with Crippen molar-refractivity contribution in [1.29, 1.82) is 0 Å². The second-order valence-electron chi connectivity index (χ2n) is 7.36. The molecule has 0 aliphatic carbocycles. The van der Waals surface area contributed by atoms with Crippen molar-refractivity contribution in [2.45, 2.75) is 52.7 Å². The van der Waals surface area contributed by atoms with Crippen LogP contribution < -0.4 is 5.32 Å². The summed E-state index contributed by atoms with van der Waals surface area (Å²) >= 11 is 0. The second-order valence-corrected chi connectivity index (χ2v) is 7.36. The van der Waals surface area contributed by atoms with Crippen LogP contribution in [0.4, 0.5) is 4.79 Å². The van der Waals surface area contributed by atoms with E-state index in [4.69, 9.17) is 9.47 Å². The maximum atomic E-state index is 12.5. The van der Waals surface area contributed by atoms with Gasteiger partial charge in [-0.25, -0.2) is 9.59 Å². The Bertz CT molecular complexity index is 720. The molecule has 0 fully saturated rings. The minimum atomic E-state index is -0.582. The van der Waals surface area contributed by atoms with Crippen LogP contribution in [0.5, 0.6) is 0 Å². The van der Waals surface area contributed by atoms with Gasteiger partial charge in [0.1, 0.15) is 5.60 Å². The maximum Gasteiger partial charge on any atom is 0.407 e. The zero-order valence-corrected chi connectivity index (χ0v) is 16.6. The van der Waals surface area contributed by atoms with E-state index in [9.17, 15) is 14.4 Å². The van der Waals surface area contributed by atoms with Crippen molar-refractivity contribution < 1.29 is 23.9 Å². The first-order chi connectivity index (χ1) is 12.6. The maximum absolute atomic E-state index is 12.5. The second kappa shape index (κ2) is 8.41. The zero-order valence-electron chi connectivity index (χ0n) is 16.6. The molecule has 150 valence electrons. The van der Waals surface area contributed by atoms with Gasteiger partial charge in [0, 0.05) is 50.8 Å². The Morgan fingerprint density at radius 3 is 2.59 bits per heavy atom. The zero-order chi connectivity index (χ0) is 20.2. The van der Waals surface area contributed by atoms with E-state index in [0.29, 0.717) is 19.5 Å². The number of nitrogens with one attached hydrogen (secondary N) is 1. The quantitative estimate of drug-likeness (QED) is 0.775. The number of alkyl carbamates (subject to hydrolysis) is 1. The van der Waals surface area contributed by atoms with E-state index in [1.165, 1.54) is 0 Å². The molecule has 0 aromatic carbocycles. The fraction of sp³-hybridized carbons (Fsp3) is 0.667. The van der Waals surface area contributed by atoms with Crippen LogP contribution in [0.1, 0.15) is 55.9 Å². The molecule has 9 heteroatoms. The van der Waals surface area contributed by atoms with Crippen LogP contribution in [0.3, 0.4) is 0 Å². The fourth-order valence-corrected chi connectivity index (χ4v) is 2.91. The van der Waals surface area contributed by atoms with Crippen molar-refractivity contribution in [2.24, 2.45) is 7.05 Å². The van der Waals surface area contributed by atoms with E-state index >= 15 is 0 Å². The molecule has 2 rings (SSSR count). The number of amides is 2. The summed E-state index contributed by atoms with van der Waals surface area (Å²) in [5.41, 5.74) is 1.35. The van der Waals surface area contributed by atoms with Crippen molar-refractivity contribution in [3.05, 3.63) is 17.0 Å². The monoisotopic (exact) mass is 380 g/mol. The molecule has 1 aliphatic rings. The lowest BCUT2D eigenvalue weighted by Gasteiger charge is -2.27. The Labute approximate surface area is 159 Å². The van der Waals surface area contributed by atoms with Gasteiger partial charge >= 0.3 is 12.1 Å². The highest BCUT2D eigenvalue weighted by atomic mass is 16.6. The van der Waals surface area contributed by atoms with Gasteiger partial charge in [0.05, 0.1) is 6.61 Å². The Kier molecular flexibility index (Phi) is 6.45. The van der Waals surface area contributed by atoms with Gasteiger partial charge in [-0.1, -0.05) is 0 Å². The lowest BCUT2D eigenvalue weighted by Crippen LogP contribution is -2.39. The van der Waals surface area contributed by atoms with Gasteiger partial charge < -0.3 is 19.7 Å². The summed E-state index contributed by atoms with van der Waals surface area (Å²) in [6.07, 6.45) is 0.223. The van der Waals surface area contributed by atoms with E-state index < -0.39 is 17.7 Å². The van der Waals surface area contributed by atoms with Crippen LogP contribution in [-0.2, 0) is 34.3 Å². The fourth-order valence-electron chi connectivity index (χ4n) is 2.91. The van der Waals surface area contributed by atoms with Gasteiger partial charge in [0.25, 0.3) is 0 Å². The molecule has 1 aliphatic heterocycles. The molecular formula is C18H28N4O5. The first-order valence-corrected chi connectivity index (χ1v) is 9.09. The summed E-state index contributed by atoms with van der Waals surface area (Å²) in [6.45, 7) is 8.37.